The van der Waals surface area contributed by atoms with Crippen molar-refractivity contribution in [3.8, 4) is 5.75 Å². The van der Waals surface area contributed by atoms with E-state index < -0.39 is 0 Å². The molecule has 1 heterocycles. The van der Waals surface area contributed by atoms with Crippen LogP contribution in [0, 0.1) is 5.82 Å². The number of carbonyl (C=O) groups is 2. The fourth-order valence-electron chi connectivity index (χ4n) is 3.42. The molecule has 0 saturated carbocycles. The minimum absolute atomic E-state index is 0.118. The van der Waals surface area contributed by atoms with Crippen molar-refractivity contribution >= 4 is 17.5 Å². The Kier molecular flexibility index (Phi) is 6.24. The van der Waals surface area contributed by atoms with Crippen molar-refractivity contribution < 1.29 is 23.5 Å². The van der Waals surface area contributed by atoms with Gasteiger partial charge < -0.3 is 20.1 Å². The van der Waals surface area contributed by atoms with Crippen molar-refractivity contribution in [2.75, 3.05) is 18.7 Å². The van der Waals surface area contributed by atoms with E-state index in [1.54, 1.807) is 48.5 Å². The van der Waals surface area contributed by atoms with Gasteiger partial charge in [-0.3, -0.25) is 9.59 Å². The van der Waals surface area contributed by atoms with Gasteiger partial charge in [0, 0.05) is 17.7 Å². The maximum atomic E-state index is 13.9. The number of hydrogen-bond acceptors (Lipinski definition) is 4. The molecule has 0 atom stereocenters. The first-order chi connectivity index (χ1) is 15.1. The second kappa shape index (κ2) is 9.40. The van der Waals surface area contributed by atoms with Gasteiger partial charge in [-0.05, 0) is 48.4 Å². The number of amides is 2. The lowest BCUT2D eigenvalue weighted by atomic mass is 10.1. The molecule has 1 aliphatic rings. The normalized spacial score (nSPS) is 12.4. The second-order valence-electron chi connectivity index (χ2n) is 7.04. The van der Waals surface area contributed by atoms with Crippen LogP contribution in [-0.4, -0.2) is 25.2 Å². The molecule has 0 aromatic heterocycles. The zero-order valence-corrected chi connectivity index (χ0v) is 16.7. The van der Waals surface area contributed by atoms with E-state index in [0.29, 0.717) is 46.7 Å². The molecule has 7 heteroatoms. The molecule has 0 bridgehead atoms. The molecule has 0 spiro atoms. The Hall–Kier alpha value is -3.71. The molecular formula is C24H21FN2O4. The average Bonchev–Trinajstić information content (AvgIpc) is 2.79. The summed E-state index contributed by atoms with van der Waals surface area (Å²) in [5.74, 6) is -0.398. The highest BCUT2D eigenvalue weighted by molar-refractivity contribution is 6.08. The smallest absolute Gasteiger partial charge is 0.255 e. The van der Waals surface area contributed by atoms with Crippen LogP contribution in [0.4, 0.5) is 10.1 Å². The van der Waals surface area contributed by atoms with Crippen LogP contribution in [0.2, 0.25) is 0 Å². The Labute approximate surface area is 179 Å². The van der Waals surface area contributed by atoms with E-state index in [-0.39, 0.29) is 31.0 Å². The molecule has 2 N–H and O–H groups in total. The van der Waals surface area contributed by atoms with Gasteiger partial charge in [0.05, 0.1) is 17.9 Å². The Balaban J connectivity index is 1.42. The van der Waals surface area contributed by atoms with Crippen LogP contribution in [-0.2, 0) is 17.8 Å². The molecule has 0 fully saturated rings. The number of halogens is 1. The van der Waals surface area contributed by atoms with Gasteiger partial charge in [-0.15, -0.1) is 0 Å². The molecule has 0 radical (unpaired) electrons. The number of rotatable bonds is 6. The lowest BCUT2D eigenvalue weighted by molar-refractivity contribution is -0.0172. The topological polar surface area (TPSA) is 76.7 Å². The molecular weight excluding hydrogens is 399 g/mol. The molecule has 3 aromatic carbocycles. The molecule has 0 unspecified atom stereocenters. The SMILES string of the molecule is O=C(Nc1ccccc1C(=O)NCCc1cc(F)cc2c1OCOC2)c1ccccc1. The third kappa shape index (κ3) is 4.90. The van der Waals surface area contributed by atoms with Crippen molar-refractivity contribution in [1.29, 1.82) is 0 Å². The summed E-state index contributed by atoms with van der Waals surface area (Å²) >= 11 is 0. The van der Waals surface area contributed by atoms with Crippen LogP contribution in [0.3, 0.4) is 0 Å². The molecule has 3 aromatic rings. The van der Waals surface area contributed by atoms with E-state index in [1.165, 1.54) is 12.1 Å². The molecule has 1 aliphatic heterocycles. The molecule has 4 rings (SSSR count). The average molecular weight is 420 g/mol. The van der Waals surface area contributed by atoms with E-state index in [1.807, 2.05) is 6.07 Å². The van der Waals surface area contributed by atoms with Crippen LogP contribution >= 0.6 is 0 Å². The van der Waals surface area contributed by atoms with Gasteiger partial charge in [-0.1, -0.05) is 30.3 Å². The number of nitrogens with one attached hydrogen (secondary N) is 2. The summed E-state index contributed by atoms with van der Waals surface area (Å²) in [7, 11) is 0. The summed E-state index contributed by atoms with van der Waals surface area (Å²) in [4.78, 5) is 25.2. The number of hydrogen-bond donors (Lipinski definition) is 2. The van der Waals surface area contributed by atoms with E-state index in [2.05, 4.69) is 10.6 Å². The molecule has 2 amide bonds. The first-order valence-corrected chi connectivity index (χ1v) is 9.87. The molecule has 0 saturated heterocycles. The maximum absolute atomic E-state index is 13.9. The zero-order chi connectivity index (χ0) is 21.6. The maximum Gasteiger partial charge on any atom is 0.255 e. The van der Waals surface area contributed by atoms with Crippen molar-refractivity contribution in [2.24, 2.45) is 0 Å². The van der Waals surface area contributed by atoms with Crippen LogP contribution in [0.25, 0.3) is 0 Å². The van der Waals surface area contributed by atoms with E-state index in [0.717, 1.165) is 0 Å². The Morgan fingerprint density at radius 1 is 0.968 bits per heavy atom. The highest BCUT2D eigenvalue weighted by atomic mass is 19.1. The highest BCUT2D eigenvalue weighted by Crippen LogP contribution is 2.29. The fourth-order valence-corrected chi connectivity index (χ4v) is 3.42. The van der Waals surface area contributed by atoms with Crippen molar-refractivity contribution in [2.45, 2.75) is 13.0 Å². The number of anilines is 1. The number of carbonyl (C=O) groups excluding carboxylic acids is 2. The minimum atomic E-state index is -0.372. The lowest BCUT2D eigenvalue weighted by Gasteiger charge is -2.21. The highest BCUT2D eigenvalue weighted by Gasteiger charge is 2.18. The summed E-state index contributed by atoms with van der Waals surface area (Å²) in [6, 6.07) is 18.4. The van der Waals surface area contributed by atoms with Gasteiger partial charge in [0.2, 0.25) is 0 Å². The standard InChI is InChI=1S/C24H21FN2O4/c25-19-12-17(22-18(13-19)14-30-15-31-22)10-11-26-24(29)20-8-4-5-9-21(20)27-23(28)16-6-2-1-3-7-16/h1-9,12-13H,10-11,14-15H2,(H,26,29)(H,27,28). The van der Waals surface area contributed by atoms with Crippen LogP contribution in [0.15, 0.2) is 66.7 Å². The van der Waals surface area contributed by atoms with Gasteiger partial charge >= 0.3 is 0 Å². The summed E-state index contributed by atoms with van der Waals surface area (Å²) in [6.07, 6.45) is 0.393. The van der Waals surface area contributed by atoms with Gasteiger partial charge in [-0.2, -0.15) is 0 Å². The van der Waals surface area contributed by atoms with E-state index >= 15 is 0 Å². The first-order valence-electron chi connectivity index (χ1n) is 9.87. The van der Waals surface area contributed by atoms with Gasteiger partial charge in [0.1, 0.15) is 11.6 Å². The molecule has 31 heavy (non-hydrogen) atoms. The van der Waals surface area contributed by atoms with Crippen molar-refractivity contribution in [3.05, 3.63) is 94.8 Å². The number of fused-ring (bicyclic) bond motifs is 1. The monoisotopic (exact) mass is 420 g/mol. The minimum Gasteiger partial charge on any atom is -0.467 e. The molecule has 0 aliphatic carbocycles. The summed E-state index contributed by atoms with van der Waals surface area (Å²) in [6.45, 7) is 0.688. The van der Waals surface area contributed by atoms with E-state index in [9.17, 15) is 14.0 Å². The predicted molar refractivity (Wildman–Crippen MR) is 114 cm³/mol. The van der Waals surface area contributed by atoms with Gasteiger partial charge in [0.15, 0.2) is 6.79 Å². The van der Waals surface area contributed by atoms with E-state index in [4.69, 9.17) is 9.47 Å². The van der Waals surface area contributed by atoms with Gasteiger partial charge in [0.25, 0.3) is 11.8 Å². The largest absolute Gasteiger partial charge is 0.467 e. The Morgan fingerprint density at radius 2 is 1.74 bits per heavy atom. The summed E-state index contributed by atoms with van der Waals surface area (Å²) in [5, 5.41) is 5.61. The van der Waals surface area contributed by atoms with Gasteiger partial charge in [-0.25, -0.2) is 4.39 Å². The fraction of sp³-hybridized carbons (Fsp3) is 0.167. The Bertz CT molecular complexity index is 1100. The number of ether oxygens (including phenoxy) is 2. The predicted octanol–water partition coefficient (Wildman–Crippen LogP) is 3.92. The number of benzene rings is 3. The first kappa shape index (κ1) is 20.6. The third-order valence-electron chi connectivity index (χ3n) is 4.89. The number of para-hydroxylation sites is 1. The third-order valence-corrected chi connectivity index (χ3v) is 4.89. The zero-order valence-electron chi connectivity index (χ0n) is 16.7. The quantitative estimate of drug-likeness (QED) is 0.634. The van der Waals surface area contributed by atoms with Crippen LogP contribution in [0.5, 0.6) is 5.75 Å². The second-order valence-corrected chi connectivity index (χ2v) is 7.04. The van der Waals surface area contributed by atoms with Crippen LogP contribution < -0.4 is 15.4 Å². The van der Waals surface area contributed by atoms with Crippen molar-refractivity contribution in [3.63, 3.8) is 0 Å². The summed E-state index contributed by atoms with van der Waals surface area (Å²) < 4.78 is 24.6. The molecule has 158 valence electrons. The Morgan fingerprint density at radius 3 is 2.58 bits per heavy atom. The molecule has 6 nitrogen and oxygen atoms in total. The summed E-state index contributed by atoms with van der Waals surface area (Å²) in [5.41, 5.74) is 2.58. The van der Waals surface area contributed by atoms with Crippen molar-refractivity contribution in [1.82, 2.24) is 5.32 Å². The van der Waals surface area contributed by atoms with Crippen LogP contribution in [0.1, 0.15) is 31.8 Å². The lowest BCUT2D eigenvalue weighted by Crippen LogP contribution is -2.27.